The highest BCUT2D eigenvalue weighted by molar-refractivity contribution is 6.00. The molecule has 4 heterocycles. The summed E-state index contributed by atoms with van der Waals surface area (Å²) in [5.41, 5.74) is 7.40. The van der Waals surface area contributed by atoms with Crippen molar-refractivity contribution in [2.45, 2.75) is 65.3 Å². The zero-order chi connectivity index (χ0) is 39.7. The van der Waals surface area contributed by atoms with Crippen molar-refractivity contribution < 1.29 is 23.8 Å². The Labute approximate surface area is 333 Å². The van der Waals surface area contributed by atoms with E-state index in [2.05, 4.69) is 43.8 Å². The fourth-order valence-electron chi connectivity index (χ4n) is 7.77. The van der Waals surface area contributed by atoms with Crippen LogP contribution in [-0.2, 0) is 37.3 Å². The number of carbonyl (C=O) groups excluding carboxylic acids is 2. The highest BCUT2D eigenvalue weighted by Gasteiger charge is 2.23. The second-order valence-corrected chi connectivity index (χ2v) is 14.8. The van der Waals surface area contributed by atoms with Crippen molar-refractivity contribution in [2.75, 3.05) is 57.9 Å². The summed E-state index contributed by atoms with van der Waals surface area (Å²) in [4.78, 5) is 36.6. The first-order valence-electron chi connectivity index (χ1n) is 20.1. The maximum atomic E-state index is 15.2. The molecule has 12 nitrogen and oxygen atoms in total. The molecule has 2 saturated heterocycles. The van der Waals surface area contributed by atoms with Gasteiger partial charge in [-0.05, 0) is 79.3 Å². The van der Waals surface area contributed by atoms with Gasteiger partial charge in [0.15, 0.2) is 5.65 Å². The standard InChI is InChI=1S/C44H53FN8O4/c1-3-40-37(41(49-35-13-21-57-22-14-35)38-28-48-53(4-2)42(38)50-40)27-47-44(56)34-10-6-9-33(25-34)43(55)46-26-30-11-12-39(45)36(24-30)32-8-5-7-31(23-32)29-52-17-15-51(16-18-52)19-20-54/h5-12,23-25,28,35,54H,3-4,13-22,26-27,29H2,1-2H3,(H,46,55)(H,47,56)(H,49,50). The molecule has 0 saturated carbocycles. The van der Waals surface area contributed by atoms with E-state index < -0.39 is 0 Å². The number of fused-ring (bicyclic) bond motifs is 1. The number of aliphatic hydroxyl groups is 1. The molecule has 300 valence electrons. The lowest BCUT2D eigenvalue weighted by molar-refractivity contribution is 0.0904. The number of hydrogen-bond acceptors (Lipinski definition) is 9. The van der Waals surface area contributed by atoms with Gasteiger partial charge >= 0.3 is 0 Å². The molecule has 0 spiro atoms. The largest absolute Gasteiger partial charge is 0.395 e. The summed E-state index contributed by atoms with van der Waals surface area (Å²) in [6.45, 7) is 11.9. The Morgan fingerprint density at radius 1 is 0.877 bits per heavy atom. The average Bonchev–Trinajstić information content (AvgIpc) is 3.67. The lowest BCUT2D eigenvalue weighted by atomic mass is 10.00. The van der Waals surface area contributed by atoms with Crippen molar-refractivity contribution in [2.24, 2.45) is 0 Å². The maximum absolute atomic E-state index is 15.2. The minimum absolute atomic E-state index is 0.170. The third kappa shape index (κ3) is 9.67. The molecule has 2 aromatic heterocycles. The second kappa shape index (κ2) is 18.8. The number of hydrogen-bond donors (Lipinski definition) is 4. The number of pyridine rings is 1. The summed E-state index contributed by atoms with van der Waals surface area (Å²) < 4.78 is 22.7. The predicted octanol–water partition coefficient (Wildman–Crippen LogP) is 5.38. The molecule has 4 N–H and O–H groups in total. The van der Waals surface area contributed by atoms with Gasteiger partial charge < -0.3 is 25.8 Å². The van der Waals surface area contributed by atoms with Crippen molar-refractivity contribution in [3.63, 3.8) is 0 Å². The Kier molecular flexibility index (Phi) is 13.2. The smallest absolute Gasteiger partial charge is 0.251 e. The van der Waals surface area contributed by atoms with Crippen molar-refractivity contribution >= 4 is 28.5 Å². The van der Waals surface area contributed by atoms with Crippen molar-refractivity contribution in [3.8, 4) is 11.1 Å². The minimum Gasteiger partial charge on any atom is -0.395 e. The van der Waals surface area contributed by atoms with Crippen LogP contribution in [0.1, 0.15) is 69.8 Å². The van der Waals surface area contributed by atoms with E-state index in [1.165, 1.54) is 6.07 Å². The quantitative estimate of drug-likeness (QED) is 0.111. The highest BCUT2D eigenvalue weighted by atomic mass is 19.1. The Hall–Kier alpha value is -5.21. The number of halogens is 1. The molecule has 57 heavy (non-hydrogen) atoms. The Balaban J connectivity index is 0.998. The van der Waals surface area contributed by atoms with Gasteiger partial charge in [0, 0.05) is 106 Å². The van der Waals surface area contributed by atoms with Crippen LogP contribution in [0.2, 0.25) is 0 Å². The first kappa shape index (κ1) is 40.0. The molecule has 3 aromatic carbocycles. The number of anilines is 1. The lowest BCUT2D eigenvalue weighted by Crippen LogP contribution is -2.46. The van der Waals surface area contributed by atoms with E-state index >= 15 is 4.39 Å². The second-order valence-electron chi connectivity index (χ2n) is 14.8. The normalized spacial score (nSPS) is 15.5. The number of β-amino-alcohol motifs (C(OH)–C–C–N with tert-alkyl or cyclic N) is 1. The topological polar surface area (TPSA) is 137 Å². The van der Waals surface area contributed by atoms with Crippen LogP contribution >= 0.6 is 0 Å². The molecule has 2 fully saturated rings. The number of aromatic nitrogens is 3. The number of benzene rings is 3. The SMILES string of the molecule is CCc1nc2c(cnn2CC)c(NC2CCOCC2)c1CNC(=O)c1cccc(C(=O)NCc2ccc(F)c(-c3cccc(CN4CCN(CCO)CC4)c3)c2)c1. The summed E-state index contributed by atoms with van der Waals surface area (Å²) in [6, 6.07) is 19.7. The van der Waals surface area contributed by atoms with Crippen LogP contribution in [0.3, 0.4) is 0 Å². The number of amides is 2. The van der Waals surface area contributed by atoms with E-state index in [0.717, 1.165) is 90.2 Å². The van der Waals surface area contributed by atoms with E-state index in [0.29, 0.717) is 49.4 Å². The molecule has 0 radical (unpaired) electrons. The summed E-state index contributed by atoms with van der Waals surface area (Å²) in [7, 11) is 0. The molecular weight excluding hydrogens is 724 g/mol. The van der Waals surface area contributed by atoms with Crippen LogP contribution in [-0.4, -0.2) is 100 Å². The van der Waals surface area contributed by atoms with Crippen molar-refractivity contribution in [1.29, 1.82) is 0 Å². The number of nitrogens with zero attached hydrogens (tertiary/aromatic N) is 5. The van der Waals surface area contributed by atoms with E-state index in [-0.39, 0.29) is 43.4 Å². The molecule has 13 heteroatoms. The molecule has 0 atom stereocenters. The van der Waals surface area contributed by atoms with Crippen LogP contribution in [0.4, 0.5) is 10.1 Å². The summed E-state index contributed by atoms with van der Waals surface area (Å²) >= 11 is 0. The molecule has 2 aliphatic rings. The number of rotatable bonds is 15. The molecular formula is C44H53FN8O4. The van der Waals surface area contributed by atoms with E-state index in [1.807, 2.05) is 36.0 Å². The molecule has 2 aliphatic heterocycles. The van der Waals surface area contributed by atoms with Crippen LogP contribution in [0.5, 0.6) is 0 Å². The van der Waals surface area contributed by atoms with Crippen LogP contribution < -0.4 is 16.0 Å². The average molecular weight is 777 g/mol. The van der Waals surface area contributed by atoms with Crippen molar-refractivity contribution in [1.82, 2.24) is 35.2 Å². The molecule has 2 amide bonds. The Morgan fingerprint density at radius 2 is 1.60 bits per heavy atom. The van der Waals surface area contributed by atoms with Gasteiger partial charge in [0.25, 0.3) is 11.8 Å². The van der Waals surface area contributed by atoms with Gasteiger partial charge in [0.1, 0.15) is 5.82 Å². The molecule has 0 unspecified atom stereocenters. The number of piperazine rings is 1. The van der Waals surface area contributed by atoms with Gasteiger partial charge in [0.05, 0.1) is 23.9 Å². The Bertz CT molecular complexity index is 2180. The summed E-state index contributed by atoms with van der Waals surface area (Å²) in [5, 5.41) is 24.5. The van der Waals surface area contributed by atoms with Crippen LogP contribution in [0.25, 0.3) is 22.2 Å². The third-order valence-corrected chi connectivity index (χ3v) is 11.0. The first-order chi connectivity index (χ1) is 27.8. The Morgan fingerprint density at radius 3 is 2.32 bits per heavy atom. The lowest BCUT2D eigenvalue weighted by Gasteiger charge is -2.34. The summed E-state index contributed by atoms with van der Waals surface area (Å²) in [5.74, 6) is -0.972. The number of aryl methyl sites for hydroxylation is 2. The van der Waals surface area contributed by atoms with E-state index in [1.54, 1.807) is 36.4 Å². The zero-order valence-electron chi connectivity index (χ0n) is 32.9. The van der Waals surface area contributed by atoms with Crippen LogP contribution in [0.15, 0.2) is 72.9 Å². The van der Waals surface area contributed by atoms with Gasteiger partial charge in [-0.3, -0.25) is 19.4 Å². The number of carbonyl (C=O) groups is 2. The van der Waals surface area contributed by atoms with Gasteiger partial charge in [-0.15, -0.1) is 0 Å². The van der Waals surface area contributed by atoms with Gasteiger partial charge in [-0.2, -0.15) is 5.10 Å². The fraction of sp³-hybridized carbons (Fsp3) is 0.409. The predicted molar refractivity (Wildman–Crippen MR) is 219 cm³/mol. The molecule has 5 aromatic rings. The minimum atomic E-state index is -0.338. The van der Waals surface area contributed by atoms with Crippen LogP contribution in [0, 0.1) is 5.82 Å². The summed E-state index contributed by atoms with van der Waals surface area (Å²) in [6.07, 6.45) is 4.30. The monoisotopic (exact) mass is 776 g/mol. The van der Waals surface area contributed by atoms with E-state index in [4.69, 9.17) is 9.72 Å². The number of aliphatic hydroxyl groups excluding tert-OH is 1. The third-order valence-electron chi connectivity index (χ3n) is 11.0. The number of ether oxygens (including phenoxy) is 1. The van der Waals surface area contributed by atoms with Gasteiger partial charge in [-0.1, -0.05) is 37.3 Å². The van der Waals surface area contributed by atoms with E-state index in [9.17, 15) is 14.7 Å². The highest BCUT2D eigenvalue weighted by Crippen LogP contribution is 2.31. The molecule has 0 bridgehead atoms. The number of nitrogens with one attached hydrogen (secondary N) is 3. The first-order valence-corrected chi connectivity index (χ1v) is 20.1. The van der Waals surface area contributed by atoms with Gasteiger partial charge in [0.2, 0.25) is 0 Å². The fourth-order valence-corrected chi connectivity index (χ4v) is 7.77. The molecule has 7 rings (SSSR count). The maximum Gasteiger partial charge on any atom is 0.251 e. The zero-order valence-corrected chi connectivity index (χ0v) is 32.9. The van der Waals surface area contributed by atoms with Gasteiger partial charge in [-0.25, -0.2) is 14.1 Å². The molecule has 0 aliphatic carbocycles. The van der Waals surface area contributed by atoms with Crippen molar-refractivity contribution in [3.05, 3.63) is 112 Å².